The van der Waals surface area contributed by atoms with Gasteiger partial charge in [-0.1, -0.05) is 18.2 Å². The van der Waals surface area contributed by atoms with Gasteiger partial charge in [-0.05, 0) is 62.1 Å². The molecule has 0 radical (unpaired) electrons. The molecule has 2 aromatic rings. The summed E-state index contributed by atoms with van der Waals surface area (Å²) < 4.78 is 4.84. The van der Waals surface area contributed by atoms with E-state index in [1.165, 1.54) is 7.11 Å². The number of rotatable bonds is 5. The van der Waals surface area contributed by atoms with Crippen LogP contribution in [0.3, 0.4) is 0 Å². The van der Waals surface area contributed by atoms with Gasteiger partial charge in [-0.2, -0.15) is 0 Å². The standard InChI is InChI=1S/C23H27N3O3/c1-29-21(27)19-8-4-7-18(15-19)16-26-14-6-11-23(26)10-5-13-25(22(23)28)17-20-9-2-3-12-24-20/h2-4,7-9,12,15H,5-6,10-11,13-14,16-17H2,1H3. The molecule has 152 valence electrons. The molecular formula is C23H27N3O3. The quantitative estimate of drug-likeness (QED) is 0.731. The van der Waals surface area contributed by atoms with Gasteiger partial charge in [0.1, 0.15) is 5.54 Å². The molecule has 1 unspecified atom stereocenters. The summed E-state index contributed by atoms with van der Waals surface area (Å²) in [5, 5.41) is 0. The second-order valence-corrected chi connectivity index (χ2v) is 7.90. The van der Waals surface area contributed by atoms with Gasteiger partial charge in [0.15, 0.2) is 0 Å². The van der Waals surface area contributed by atoms with Crippen LogP contribution in [-0.4, -0.2) is 52.4 Å². The summed E-state index contributed by atoms with van der Waals surface area (Å²) in [6.07, 6.45) is 5.56. The number of hydrogen-bond acceptors (Lipinski definition) is 5. The van der Waals surface area contributed by atoms with E-state index in [0.717, 1.165) is 50.0 Å². The molecule has 3 heterocycles. The molecule has 4 rings (SSSR count). The van der Waals surface area contributed by atoms with Crippen LogP contribution >= 0.6 is 0 Å². The van der Waals surface area contributed by atoms with Crippen molar-refractivity contribution < 1.29 is 14.3 Å². The normalized spacial score (nSPS) is 22.2. The lowest BCUT2D eigenvalue weighted by molar-refractivity contribution is -0.148. The summed E-state index contributed by atoms with van der Waals surface area (Å²) in [4.78, 5) is 34.1. The van der Waals surface area contributed by atoms with Crippen LogP contribution < -0.4 is 0 Å². The molecule has 0 aliphatic carbocycles. The van der Waals surface area contributed by atoms with Gasteiger partial charge in [0, 0.05) is 19.3 Å². The first-order valence-electron chi connectivity index (χ1n) is 10.2. The monoisotopic (exact) mass is 393 g/mol. The van der Waals surface area contributed by atoms with E-state index in [1.54, 1.807) is 12.3 Å². The maximum atomic E-state index is 13.6. The molecule has 6 nitrogen and oxygen atoms in total. The van der Waals surface area contributed by atoms with Gasteiger partial charge in [0.05, 0.1) is 24.9 Å². The second kappa shape index (κ2) is 8.33. The Hall–Kier alpha value is -2.73. The van der Waals surface area contributed by atoms with E-state index >= 15 is 0 Å². The largest absolute Gasteiger partial charge is 0.465 e. The van der Waals surface area contributed by atoms with Crippen molar-refractivity contribution in [3.63, 3.8) is 0 Å². The van der Waals surface area contributed by atoms with Crippen LogP contribution in [0.5, 0.6) is 0 Å². The third kappa shape index (κ3) is 3.90. The molecule has 1 atom stereocenters. The summed E-state index contributed by atoms with van der Waals surface area (Å²) >= 11 is 0. The van der Waals surface area contributed by atoms with E-state index in [1.807, 2.05) is 41.3 Å². The smallest absolute Gasteiger partial charge is 0.337 e. The average molecular weight is 393 g/mol. The molecule has 1 aromatic carbocycles. The van der Waals surface area contributed by atoms with Crippen LogP contribution in [0.4, 0.5) is 0 Å². The Morgan fingerprint density at radius 2 is 1.93 bits per heavy atom. The zero-order chi connectivity index (χ0) is 20.3. The van der Waals surface area contributed by atoms with Gasteiger partial charge in [0.25, 0.3) is 0 Å². The minimum absolute atomic E-state index is 0.219. The third-order valence-corrected chi connectivity index (χ3v) is 6.13. The maximum absolute atomic E-state index is 13.6. The van der Waals surface area contributed by atoms with Crippen molar-refractivity contribution >= 4 is 11.9 Å². The topological polar surface area (TPSA) is 62.7 Å². The van der Waals surface area contributed by atoms with Gasteiger partial charge in [-0.3, -0.25) is 14.7 Å². The number of aromatic nitrogens is 1. The molecule has 0 saturated carbocycles. The van der Waals surface area contributed by atoms with Gasteiger partial charge >= 0.3 is 5.97 Å². The minimum atomic E-state index is -0.436. The molecule has 1 amide bonds. The van der Waals surface area contributed by atoms with Crippen molar-refractivity contribution in [2.45, 2.75) is 44.3 Å². The highest BCUT2D eigenvalue weighted by atomic mass is 16.5. The molecule has 1 spiro atoms. The number of nitrogens with zero attached hydrogens (tertiary/aromatic N) is 3. The fourth-order valence-corrected chi connectivity index (χ4v) is 4.73. The van der Waals surface area contributed by atoms with Gasteiger partial charge in [-0.25, -0.2) is 4.79 Å². The zero-order valence-electron chi connectivity index (χ0n) is 16.8. The highest BCUT2D eigenvalue weighted by Gasteiger charge is 2.50. The number of ether oxygens (including phenoxy) is 1. The van der Waals surface area contributed by atoms with Gasteiger partial charge < -0.3 is 9.64 Å². The van der Waals surface area contributed by atoms with E-state index in [2.05, 4.69) is 9.88 Å². The number of pyridine rings is 1. The van der Waals surface area contributed by atoms with Gasteiger partial charge in [-0.15, -0.1) is 0 Å². The second-order valence-electron chi connectivity index (χ2n) is 7.90. The molecule has 1 aromatic heterocycles. The summed E-state index contributed by atoms with van der Waals surface area (Å²) in [6, 6.07) is 13.3. The average Bonchev–Trinajstić information content (AvgIpc) is 3.14. The van der Waals surface area contributed by atoms with Crippen LogP contribution in [0.2, 0.25) is 0 Å². The number of methoxy groups -OCH3 is 1. The van der Waals surface area contributed by atoms with E-state index < -0.39 is 5.54 Å². The molecule has 6 heteroatoms. The number of amides is 1. The van der Waals surface area contributed by atoms with Crippen molar-refractivity contribution in [1.82, 2.24) is 14.8 Å². The summed E-state index contributed by atoms with van der Waals surface area (Å²) in [5.74, 6) is -0.116. The Labute approximate surface area is 171 Å². The van der Waals surface area contributed by atoms with E-state index in [4.69, 9.17) is 4.74 Å². The molecule has 2 aliphatic rings. The van der Waals surface area contributed by atoms with Crippen molar-refractivity contribution in [2.75, 3.05) is 20.2 Å². The number of carbonyl (C=O) groups excluding carboxylic acids is 2. The number of esters is 1. The van der Waals surface area contributed by atoms with Crippen LogP contribution in [0.1, 0.15) is 47.3 Å². The van der Waals surface area contributed by atoms with Crippen molar-refractivity contribution in [1.29, 1.82) is 0 Å². The summed E-state index contributed by atoms with van der Waals surface area (Å²) in [5.41, 5.74) is 2.07. The summed E-state index contributed by atoms with van der Waals surface area (Å²) in [7, 11) is 1.39. The highest BCUT2D eigenvalue weighted by molar-refractivity contribution is 5.89. The van der Waals surface area contributed by atoms with Crippen molar-refractivity contribution in [3.8, 4) is 0 Å². The molecular weight excluding hydrogens is 366 g/mol. The zero-order valence-corrected chi connectivity index (χ0v) is 16.8. The molecule has 0 bridgehead atoms. The van der Waals surface area contributed by atoms with Crippen LogP contribution in [0.15, 0.2) is 48.7 Å². The highest BCUT2D eigenvalue weighted by Crippen LogP contribution is 2.39. The first kappa shape index (κ1) is 19.6. The third-order valence-electron chi connectivity index (χ3n) is 6.13. The van der Waals surface area contributed by atoms with Crippen LogP contribution in [0, 0.1) is 0 Å². The van der Waals surface area contributed by atoms with Gasteiger partial charge in [0.2, 0.25) is 5.91 Å². The van der Waals surface area contributed by atoms with E-state index in [-0.39, 0.29) is 11.9 Å². The SMILES string of the molecule is COC(=O)c1cccc(CN2CCCC23CCCN(Cc2ccccn2)C3=O)c1. The van der Waals surface area contributed by atoms with Crippen LogP contribution in [-0.2, 0) is 22.6 Å². The van der Waals surface area contributed by atoms with Crippen LogP contribution in [0.25, 0.3) is 0 Å². The van der Waals surface area contributed by atoms with E-state index in [0.29, 0.717) is 18.7 Å². The Morgan fingerprint density at radius 1 is 1.10 bits per heavy atom. The fraction of sp³-hybridized carbons (Fsp3) is 0.435. The molecule has 29 heavy (non-hydrogen) atoms. The first-order valence-corrected chi connectivity index (χ1v) is 10.2. The van der Waals surface area contributed by atoms with Crippen molar-refractivity contribution in [3.05, 3.63) is 65.5 Å². The Morgan fingerprint density at radius 3 is 2.69 bits per heavy atom. The number of benzene rings is 1. The summed E-state index contributed by atoms with van der Waals surface area (Å²) in [6.45, 7) is 2.90. The Balaban J connectivity index is 1.53. The Bertz CT molecular complexity index is 886. The maximum Gasteiger partial charge on any atom is 0.337 e. The minimum Gasteiger partial charge on any atom is -0.465 e. The lowest BCUT2D eigenvalue weighted by Crippen LogP contribution is -2.59. The predicted molar refractivity (Wildman–Crippen MR) is 109 cm³/mol. The molecule has 0 N–H and O–H groups in total. The number of likely N-dealkylation sites (tertiary alicyclic amines) is 2. The lowest BCUT2D eigenvalue weighted by Gasteiger charge is -2.44. The lowest BCUT2D eigenvalue weighted by atomic mass is 9.85. The molecule has 2 fully saturated rings. The number of piperidine rings is 1. The predicted octanol–water partition coefficient (Wildman–Crippen LogP) is 3.03. The number of carbonyl (C=O) groups is 2. The first-order chi connectivity index (χ1) is 14.1. The molecule has 2 aliphatic heterocycles. The fourth-order valence-electron chi connectivity index (χ4n) is 4.73. The molecule has 2 saturated heterocycles. The van der Waals surface area contributed by atoms with E-state index in [9.17, 15) is 9.59 Å². The Kier molecular flexibility index (Phi) is 5.62. The van der Waals surface area contributed by atoms with Crippen molar-refractivity contribution in [2.24, 2.45) is 0 Å². The number of hydrogen-bond donors (Lipinski definition) is 0.